The van der Waals surface area contributed by atoms with Gasteiger partial charge in [0.1, 0.15) is 8.07 Å². The summed E-state index contributed by atoms with van der Waals surface area (Å²) in [6, 6.07) is 56.4. The molecule has 0 saturated carbocycles. The van der Waals surface area contributed by atoms with Crippen molar-refractivity contribution in [2.75, 3.05) is 4.90 Å². The summed E-state index contributed by atoms with van der Waals surface area (Å²) in [4.78, 5) is 2.53. The van der Waals surface area contributed by atoms with E-state index >= 15 is 0 Å². The van der Waals surface area contributed by atoms with Crippen molar-refractivity contribution in [2.45, 2.75) is 13.1 Å². The van der Waals surface area contributed by atoms with E-state index in [0.29, 0.717) is 0 Å². The highest BCUT2D eigenvalue weighted by Crippen LogP contribution is 2.46. The summed E-state index contributed by atoms with van der Waals surface area (Å²) >= 11 is 0. The number of benzene rings is 8. The highest BCUT2D eigenvalue weighted by Gasteiger charge is 2.37. The quantitative estimate of drug-likeness (QED) is 0.149. The predicted molar refractivity (Wildman–Crippen MR) is 193 cm³/mol. The second-order valence-corrected chi connectivity index (χ2v) is 16.9. The Labute approximate surface area is 258 Å². The smallest absolute Gasteiger partial charge is 0.113 e. The van der Waals surface area contributed by atoms with Crippen LogP contribution in [0.5, 0.6) is 0 Å². The minimum atomic E-state index is -1.78. The Morgan fingerprint density at radius 1 is 0.386 bits per heavy atom. The van der Waals surface area contributed by atoms with Gasteiger partial charge < -0.3 is 4.90 Å². The van der Waals surface area contributed by atoms with Gasteiger partial charge in [-0.2, -0.15) is 0 Å². The van der Waals surface area contributed by atoms with Crippen molar-refractivity contribution in [3.8, 4) is 11.1 Å². The maximum absolute atomic E-state index is 2.53. The van der Waals surface area contributed by atoms with Gasteiger partial charge in [0.2, 0.25) is 0 Å². The number of anilines is 3. The number of nitrogens with zero attached hydrogens (tertiary/aromatic N) is 1. The molecule has 0 N–H and O–H groups in total. The van der Waals surface area contributed by atoms with E-state index in [-0.39, 0.29) is 0 Å². The van der Waals surface area contributed by atoms with Crippen molar-refractivity contribution < 1.29 is 0 Å². The van der Waals surface area contributed by atoms with Crippen molar-refractivity contribution >= 4 is 78.6 Å². The van der Waals surface area contributed by atoms with E-state index in [1.54, 1.807) is 0 Å². The summed E-state index contributed by atoms with van der Waals surface area (Å²) in [5.74, 6) is 0. The molecule has 0 radical (unpaired) electrons. The minimum absolute atomic E-state index is 1.19. The van der Waals surface area contributed by atoms with Crippen molar-refractivity contribution in [3.05, 3.63) is 152 Å². The fourth-order valence-electron chi connectivity index (χ4n) is 7.69. The van der Waals surface area contributed by atoms with Crippen molar-refractivity contribution in [3.63, 3.8) is 0 Å². The first-order chi connectivity index (χ1) is 21.6. The third-order valence-electron chi connectivity index (χ3n) is 9.80. The van der Waals surface area contributed by atoms with E-state index in [1.165, 1.54) is 81.7 Å². The lowest BCUT2D eigenvalue weighted by Crippen LogP contribution is -2.49. The van der Waals surface area contributed by atoms with E-state index in [0.717, 1.165) is 0 Å². The molecule has 0 saturated heterocycles. The van der Waals surface area contributed by atoms with Gasteiger partial charge in [0.25, 0.3) is 0 Å². The van der Waals surface area contributed by atoms with Crippen molar-refractivity contribution in [1.82, 2.24) is 0 Å². The summed E-state index contributed by atoms with van der Waals surface area (Å²) in [5.41, 5.74) is 6.36. The number of fused-ring (bicyclic) bond motifs is 9. The lowest BCUT2D eigenvalue weighted by atomic mass is 9.96. The van der Waals surface area contributed by atoms with Crippen molar-refractivity contribution in [1.29, 1.82) is 0 Å². The Balaban J connectivity index is 1.42. The van der Waals surface area contributed by atoms with Gasteiger partial charge in [-0.3, -0.25) is 0 Å². The number of hydrogen-bond donors (Lipinski definition) is 0. The first-order valence-corrected chi connectivity index (χ1v) is 18.5. The molecule has 1 aliphatic rings. The Morgan fingerprint density at radius 2 is 0.841 bits per heavy atom. The number of hydrogen-bond acceptors (Lipinski definition) is 1. The average molecular weight is 578 g/mol. The molecule has 0 aliphatic carbocycles. The van der Waals surface area contributed by atoms with Gasteiger partial charge in [-0.15, -0.1) is 0 Å². The van der Waals surface area contributed by atoms with Crippen LogP contribution < -0.4 is 15.3 Å². The molecular weight excluding hydrogens is 547 g/mol. The Morgan fingerprint density at radius 3 is 1.43 bits per heavy atom. The summed E-state index contributed by atoms with van der Waals surface area (Å²) in [7, 11) is -1.78. The number of rotatable bonds is 3. The average Bonchev–Trinajstić information content (AvgIpc) is 3.31. The summed E-state index contributed by atoms with van der Waals surface area (Å²) < 4.78 is 0. The maximum atomic E-state index is 2.53. The van der Waals surface area contributed by atoms with Crippen LogP contribution >= 0.6 is 0 Å². The van der Waals surface area contributed by atoms with Crippen LogP contribution in [0.25, 0.3) is 54.2 Å². The van der Waals surface area contributed by atoms with Crippen LogP contribution in [-0.2, 0) is 0 Å². The van der Waals surface area contributed by atoms with Crippen LogP contribution in [0.1, 0.15) is 0 Å². The zero-order chi connectivity index (χ0) is 29.4. The molecule has 44 heavy (non-hydrogen) atoms. The predicted octanol–water partition coefficient (Wildman–Crippen LogP) is 10.6. The highest BCUT2D eigenvalue weighted by atomic mass is 28.3. The maximum Gasteiger partial charge on any atom is 0.113 e. The van der Waals surface area contributed by atoms with Gasteiger partial charge in [0.15, 0.2) is 0 Å². The van der Waals surface area contributed by atoms with Gasteiger partial charge in [0.05, 0.1) is 11.4 Å². The zero-order valence-electron chi connectivity index (χ0n) is 24.9. The monoisotopic (exact) mass is 577 g/mol. The molecule has 8 aromatic rings. The van der Waals surface area contributed by atoms with E-state index in [2.05, 4.69) is 170 Å². The second-order valence-electron chi connectivity index (χ2n) is 12.6. The van der Waals surface area contributed by atoms with Gasteiger partial charge >= 0.3 is 0 Å². The van der Waals surface area contributed by atoms with E-state index < -0.39 is 8.07 Å². The second kappa shape index (κ2) is 9.41. The first-order valence-electron chi connectivity index (χ1n) is 15.5. The SMILES string of the molecule is C[Si]1(C)c2ccccc2-c2cc(N(c3cc4ccccc4c4ccccc34)c3cc4ccccc4c4ccccc34)ccc21. The van der Waals surface area contributed by atoms with Crippen LogP contribution in [0.4, 0.5) is 17.1 Å². The van der Waals surface area contributed by atoms with Crippen LogP contribution in [0.2, 0.25) is 13.1 Å². The molecule has 1 heterocycles. The van der Waals surface area contributed by atoms with Crippen LogP contribution in [0.15, 0.2) is 152 Å². The standard InChI is InChI=1S/C42H31NSi/c1-44(2)41-22-12-11-21-37(41)38-27-30(23-24-42(38)44)43(39-25-28-13-3-5-15-31(28)33-17-7-9-19-35(33)39)40-26-29-14-4-6-16-32(29)34-18-8-10-20-36(34)40/h3-27H,1-2H3. The van der Waals surface area contributed by atoms with Gasteiger partial charge in [-0.1, -0.05) is 140 Å². The van der Waals surface area contributed by atoms with E-state index in [1.807, 2.05) is 0 Å². The van der Waals surface area contributed by atoms with Crippen LogP contribution in [-0.4, -0.2) is 8.07 Å². The molecule has 2 heteroatoms. The fraction of sp³-hybridized carbons (Fsp3) is 0.0476. The Bertz CT molecular complexity index is 2320. The zero-order valence-corrected chi connectivity index (χ0v) is 25.9. The van der Waals surface area contributed by atoms with Gasteiger partial charge in [0, 0.05) is 16.5 Å². The minimum Gasteiger partial charge on any atom is -0.309 e. The molecule has 0 amide bonds. The lowest BCUT2D eigenvalue weighted by Gasteiger charge is -2.30. The van der Waals surface area contributed by atoms with Crippen LogP contribution in [0.3, 0.4) is 0 Å². The van der Waals surface area contributed by atoms with E-state index in [4.69, 9.17) is 0 Å². The fourth-order valence-corrected chi connectivity index (χ4v) is 10.8. The van der Waals surface area contributed by atoms with Gasteiger partial charge in [-0.25, -0.2) is 0 Å². The third-order valence-corrected chi connectivity index (χ3v) is 13.4. The topological polar surface area (TPSA) is 3.24 Å². The summed E-state index contributed by atoms with van der Waals surface area (Å²) in [6.07, 6.45) is 0. The third kappa shape index (κ3) is 3.58. The molecule has 8 aromatic carbocycles. The summed E-state index contributed by atoms with van der Waals surface area (Å²) in [5, 5.41) is 13.2. The Kier molecular flexibility index (Phi) is 5.42. The molecule has 0 aromatic heterocycles. The molecule has 0 bridgehead atoms. The summed E-state index contributed by atoms with van der Waals surface area (Å²) in [6.45, 7) is 4.98. The highest BCUT2D eigenvalue weighted by molar-refractivity contribution is 7.03. The van der Waals surface area contributed by atoms with Crippen molar-refractivity contribution in [2.24, 2.45) is 0 Å². The molecule has 0 fully saturated rings. The van der Waals surface area contributed by atoms with Crippen LogP contribution in [0, 0.1) is 0 Å². The molecule has 1 nitrogen and oxygen atoms in total. The molecule has 1 aliphatic heterocycles. The molecule has 0 atom stereocenters. The molecular formula is C42H31NSi. The normalized spacial score (nSPS) is 13.4. The first kappa shape index (κ1) is 25.3. The molecule has 0 unspecified atom stereocenters. The molecule has 9 rings (SSSR count). The molecule has 208 valence electrons. The lowest BCUT2D eigenvalue weighted by molar-refractivity contribution is 1.32. The van der Waals surface area contributed by atoms with Gasteiger partial charge in [-0.05, 0) is 78.1 Å². The Hall–Kier alpha value is -5.18. The van der Waals surface area contributed by atoms with E-state index in [9.17, 15) is 0 Å². The molecule has 0 spiro atoms. The largest absolute Gasteiger partial charge is 0.309 e.